The van der Waals surface area contributed by atoms with Crippen molar-refractivity contribution in [3.8, 4) is 0 Å². The van der Waals surface area contributed by atoms with Crippen LogP contribution >= 0.6 is 23.2 Å². The second-order valence-electron chi connectivity index (χ2n) is 4.62. The van der Waals surface area contributed by atoms with Gasteiger partial charge < -0.3 is 4.57 Å². The number of benzene rings is 1. The van der Waals surface area contributed by atoms with E-state index < -0.39 is 7.29 Å². The Balaban J connectivity index is 2.38. The third-order valence-corrected chi connectivity index (χ3v) is 7.44. The van der Waals surface area contributed by atoms with Crippen molar-refractivity contribution in [2.75, 3.05) is 18.0 Å². The van der Waals surface area contributed by atoms with E-state index in [4.69, 9.17) is 0 Å². The van der Waals surface area contributed by atoms with Gasteiger partial charge in [0.05, 0.1) is 0 Å². The van der Waals surface area contributed by atoms with Crippen LogP contribution in [0.2, 0.25) is 0 Å². The van der Waals surface area contributed by atoms with Gasteiger partial charge in [0.1, 0.15) is 0 Å². The average Bonchev–Trinajstić information content (AvgIpc) is 2.89. The maximum atomic E-state index is 13.4. The van der Waals surface area contributed by atoms with Crippen LogP contribution in [0.5, 0.6) is 0 Å². The third kappa shape index (κ3) is 2.64. The van der Waals surface area contributed by atoms with Crippen molar-refractivity contribution in [2.24, 2.45) is 0 Å². The van der Waals surface area contributed by atoms with E-state index in [9.17, 15) is 4.57 Å². The molecule has 2 nitrogen and oxygen atoms in total. The topological polar surface area (TPSA) is 20.3 Å². The molecule has 0 radical (unpaired) electrons. The van der Waals surface area contributed by atoms with Gasteiger partial charge in [-0.1, -0.05) is 52.3 Å². The number of nitrogens with zero attached hydrogens (tertiary/aromatic N) is 1. The monoisotopic (exact) mass is 327 g/mol. The molecule has 0 bridgehead atoms. The Morgan fingerprint density at radius 1 is 1.44 bits per heavy atom. The molecular weight excluding hydrogens is 309 g/mol. The summed E-state index contributed by atoms with van der Waals surface area (Å²) >= 11 is 3.54. The van der Waals surface area contributed by atoms with E-state index >= 15 is 0 Å². The second kappa shape index (κ2) is 6.18. The normalized spacial score (nSPS) is 23.7. The molecule has 18 heavy (non-hydrogen) atoms. The van der Waals surface area contributed by atoms with Crippen molar-refractivity contribution in [2.45, 2.75) is 18.9 Å². The number of rotatable bonds is 5. The van der Waals surface area contributed by atoms with E-state index in [0.29, 0.717) is 12.2 Å². The number of hydrogen-bond donors (Lipinski definition) is 0. The highest BCUT2D eigenvalue weighted by Gasteiger charge is 2.38. The van der Waals surface area contributed by atoms with Crippen LogP contribution in [0.4, 0.5) is 0 Å². The summed E-state index contributed by atoms with van der Waals surface area (Å²) in [5, 5.41) is 1.85. The molecule has 1 aliphatic heterocycles. The standard InChI is InChI=1S/C14H19BrNOP/c1-2-11-18(17,14-8-4-3-5-9-14)16-10-6-7-13(16)12-15/h2-5,8-9,13H,1,6-7,10-12H2/t13-,18-/m1/s1. The Bertz CT molecular complexity index is 448. The highest BCUT2D eigenvalue weighted by molar-refractivity contribution is 9.09. The maximum absolute atomic E-state index is 13.4. The molecule has 1 saturated heterocycles. The summed E-state index contributed by atoms with van der Waals surface area (Å²) in [6, 6.07) is 10.2. The molecule has 2 atom stereocenters. The van der Waals surface area contributed by atoms with Crippen molar-refractivity contribution >= 4 is 28.5 Å². The van der Waals surface area contributed by atoms with E-state index in [0.717, 1.165) is 30.0 Å². The molecule has 0 saturated carbocycles. The van der Waals surface area contributed by atoms with Gasteiger partial charge in [-0.3, -0.25) is 0 Å². The van der Waals surface area contributed by atoms with Crippen LogP contribution in [0.25, 0.3) is 0 Å². The van der Waals surface area contributed by atoms with Crippen LogP contribution in [0.1, 0.15) is 12.8 Å². The van der Waals surface area contributed by atoms with Crippen LogP contribution in [-0.2, 0) is 4.57 Å². The van der Waals surface area contributed by atoms with E-state index in [1.807, 2.05) is 30.3 Å². The SMILES string of the molecule is C=CC[P@@](=O)(c1ccccc1)N1CCC[C@@H]1CBr. The van der Waals surface area contributed by atoms with Crippen molar-refractivity contribution in [1.29, 1.82) is 0 Å². The van der Waals surface area contributed by atoms with Gasteiger partial charge in [-0.2, -0.15) is 0 Å². The molecule has 1 heterocycles. The van der Waals surface area contributed by atoms with Crippen molar-refractivity contribution in [3.05, 3.63) is 43.0 Å². The van der Waals surface area contributed by atoms with Crippen LogP contribution in [0, 0.1) is 0 Å². The molecule has 0 amide bonds. The molecule has 0 aromatic heterocycles. The fourth-order valence-corrected chi connectivity index (χ4v) is 6.39. The Morgan fingerprint density at radius 2 is 2.17 bits per heavy atom. The van der Waals surface area contributed by atoms with Crippen LogP contribution in [-0.4, -0.2) is 28.7 Å². The quantitative estimate of drug-likeness (QED) is 0.467. The van der Waals surface area contributed by atoms with E-state index in [1.54, 1.807) is 6.08 Å². The maximum Gasteiger partial charge on any atom is 0.182 e. The van der Waals surface area contributed by atoms with Gasteiger partial charge in [0, 0.05) is 29.4 Å². The molecule has 1 aromatic carbocycles. The Hall–Kier alpha value is -0.370. The summed E-state index contributed by atoms with van der Waals surface area (Å²) in [6.07, 6.45) is 4.60. The Kier molecular flexibility index (Phi) is 4.83. The summed E-state index contributed by atoms with van der Waals surface area (Å²) in [5.74, 6) is 0. The molecular formula is C14H19BrNOP. The van der Waals surface area contributed by atoms with Gasteiger partial charge in [-0.25, -0.2) is 4.67 Å². The van der Waals surface area contributed by atoms with Crippen molar-refractivity contribution in [1.82, 2.24) is 4.67 Å². The molecule has 0 aliphatic carbocycles. The van der Waals surface area contributed by atoms with E-state index in [2.05, 4.69) is 27.2 Å². The van der Waals surface area contributed by atoms with Gasteiger partial charge in [0.25, 0.3) is 0 Å². The van der Waals surface area contributed by atoms with Crippen molar-refractivity contribution < 1.29 is 4.57 Å². The molecule has 4 heteroatoms. The zero-order valence-electron chi connectivity index (χ0n) is 10.5. The minimum atomic E-state index is -2.51. The fraction of sp³-hybridized carbons (Fsp3) is 0.429. The lowest BCUT2D eigenvalue weighted by atomic mass is 10.3. The molecule has 1 aliphatic rings. The first kappa shape index (κ1) is 14.0. The van der Waals surface area contributed by atoms with Gasteiger partial charge in [-0.15, -0.1) is 6.58 Å². The van der Waals surface area contributed by atoms with Crippen LogP contribution in [0.3, 0.4) is 0 Å². The lowest BCUT2D eigenvalue weighted by molar-refractivity contribution is 0.420. The highest BCUT2D eigenvalue weighted by Crippen LogP contribution is 2.52. The number of allylic oxidation sites excluding steroid dienone is 1. The molecule has 2 rings (SSSR count). The van der Waals surface area contributed by atoms with Gasteiger partial charge in [-0.05, 0) is 12.8 Å². The first-order valence-electron chi connectivity index (χ1n) is 6.31. The predicted molar refractivity (Wildman–Crippen MR) is 82.3 cm³/mol. The fourth-order valence-electron chi connectivity index (χ4n) is 2.60. The Labute approximate surface area is 118 Å². The average molecular weight is 328 g/mol. The Morgan fingerprint density at radius 3 is 2.78 bits per heavy atom. The van der Waals surface area contributed by atoms with E-state index in [1.165, 1.54) is 0 Å². The van der Waals surface area contributed by atoms with Gasteiger partial charge in [0.2, 0.25) is 0 Å². The van der Waals surface area contributed by atoms with E-state index in [-0.39, 0.29) is 0 Å². The molecule has 0 spiro atoms. The predicted octanol–water partition coefficient (Wildman–Crippen LogP) is 3.64. The van der Waals surface area contributed by atoms with Gasteiger partial charge >= 0.3 is 0 Å². The summed E-state index contributed by atoms with van der Waals surface area (Å²) in [6.45, 7) is 4.71. The zero-order chi connectivity index (χ0) is 13.0. The molecule has 98 valence electrons. The molecule has 0 N–H and O–H groups in total. The summed E-state index contributed by atoms with van der Waals surface area (Å²) < 4.78 is 15.6. The van der Waals surface area contributed by atoms with Crippen LogP contribution in [0.15, 0.2) is 43.0 Å². The number of hydrogen-bond acceptors (Lipinski definition) is 1. The molecule has 1 fully saturated rings. The summed E-state index contributed by atoms with van der Waals surface area (Å²) in [4.78, 5) is 0. The lowest BCUT2D eigenvalue weighted by Gasteiger charge is -2.32. The summed E-state index contributed by atoms with van der Waals surface area (Å²) in [5.41, 5.74) is 0. The molecule has 0 unspecified atom stereocenters. The smallest absolute Gasteiger partial charge is 0.182 e. The second-order valence-corrected chi connectivity index (χ2v) is 8.07. The number of halogens is 1. The minimum absolute atomic E-state index is 0.385. The zero-order valence-corrected chi connectivity index (χ0v) is 12.9. The first-order valence-corrected chi connectivity index (χ1v) is 9.27. The van der Waals surface area contributed by atoms with Gasteiger partial charge in [0.15, 0.2) is 7.29 Å². The molecule has 1 aromatic rings. The third-order valence-electron chi connectivity index (χ3n) is 3.48. The largest absolute Gasteiger partial charge is 0.301 e. The lowest BCUT2D eigenvalue weighted by Crippen LogP contribution is -2.32. The van der Waals surface area contributed by atoms with Crippen LogP contribution < -0.4 is 5.30 Å². The first-order chi connectivity index (χ1) is 8.72. The van der Waals surface area contributed by atoms with Crippen molar-refractivity contribution in [3.63, 3.8) is 0 Å². The summed E-state index contributed by atoms with van der Waals surface area (Å²) in [7, 11) is -2.51. The minimum Gasteiger partial charge on any atom is -0.301 e. The number of alkyl halides is 1. The highest BCUT2D eigenvalue weighted by atomic mass is 79.9.